The lowest BCUT2D eigenvalue weighted by Gasteiger charge is -2.35. The standard InChI is InChI=1S/C32H35BrF3N5O3/c1-18-14-23-26(17-40(18)29(43)20-8-11-25(33)24(15-20)32(34,35)36)38-27(21-12-13-39(16-21)31(2,3)4)41(30(23)44)22-9-6-19(7-10-22)28(42)37-5/h6-11,15,18,21H,12-14,16-17H2,1-5H3,(H,37,42)/t18-,21?/m1/s1. The largest absolute Gasteiger partial charge is 0.417 e. The van der Waals surface area contributed by atoms with E-state index in [1.807, 2.05) is 0 Å². The summed E-state index contributed by atoms with van der Waals surface area (Å²) >= 11 is 2.93. The molecule has 1 N–H and O–H groups in total. The van der Waals surface area contributed by atoms with Crippen LogP contribution in [0.3, 0.4) is 0 Å². The maximum absolute atomic E-state index is 14.2. The van der Waals surface area contributed by atoms with Crippen molar-refractivity contribution in [3.63, 3.8) is 0 Å². The van der Waals surface area contributed by atoms with Crippen LogP contribution >= 0.6 is 15.9 Å². The average Bonchev–Trinajstić information content (AvgIpc) is 3.47. The smallest absolute Gasteiger partial charge is 0.355 e. The zero-order valence-corrected chi connectivity index (χ0v) is 26.8. The van der Waals surface area contributed by atoms with Gasteiger partial charge in [-0.3, -0.25) is 23.9 Å². The number of halogens is 4. The Hall–Kier alpha value is -3.51. The molecule has 1 fully saturated rings. The lowest BCUT2D eigenvalue weighted by Crippen LogP contribution is -2.46. The molecule has 0 spiro atoms. The van der Waals surface area contributed by atoms with E-state index in [0.717, 1.165) is 19.0 Å². The van der Waals surface area contributed by atoms with Gasteiger partial charge in [-0.05, 0) is 89.5 Å². The first-order chi connectivity index (χ1) is 20.6. The summed E-state index contributed by atoms with van der Waals surface area (Å²) in [6.07, 6.45) is -3.65. The third-order valence-corrected chi connectivity index (χ3v) is 9.23. The fourth-order valence-electron chi connectivity index (χ4n) is 6.00. The van der Waals surface area contributed by atoms with Crippen molar-refractivity contribution in [2.75, 3.05) is 20.1 Å². The molecule has 0 radical (unpaired) electrons. The van der Waals surface area contributed by atoms with Crippen molar-refractivity contribution in [1.82, 2.24) is 24.7 Å². The van der Waals surface area contributed by atoms with E-state index in [2.05, 4.69) is 46.9 Å². The van der Waals surface area contributed by atoms with Gasteiger partial charge < -0.3 is 10.2 Å². The van der Waals surface area contributed by atoms with Crippen LogP contribution in [0.2, 0.25) is 0 Å². The molecule has 1 unspecified atom stereocenters. The lowest BCUT2D eigenvalue weighted by atomic mass is 9.97. The SMILES string of the molecule is CNC(=O)c1ccc(-n2c(C3CCN(C(C)(C)C)C3)nc3c(c2=O)C[C@@H](C)N(C(=O)c2ccc(Br)c(C(F)(F)F)c2)C3)cc1. The number of amides is 2. The Bertz CT molecular complexity index is 1660. The number of fused-ring (bicyclic) bond motifs is 1. The summed E-state index contributed by atoms with van der Waals surface area (Å²) in [4.78, 5) is 48.8. The van der Waals surface area contributed by atoms with Gasteiger partial charge in [-0.15, -0.1) is 0 Å². The number of rotatable bonds is 4. The van der Waals surface area contributed by atoms with Gasteiger partial charge in [0, 0.05) is 52.3 Å². The highest BCUT2D eigenvalue weighted by Gasteiger charge is 2.38. The van der Waals surface area contributed by atoms with Crippen molar-refractivity contribution >= 4 is 27.7 Å². The monoisotopic (exact) mass is 673 g/mol. The fourth-order valence-corrected chi connectivity index (χ4v) is 6.47. The van der Waals surface area contributed by atoms with Crippen molar-refractivity contribution < 1.29 is 22.8 Å². The maximum Gasteiger partial charge on any atom is 0.417 e. The number of carbonyl (C=O) groups is 2. The normalized spacial score (nSPS) is 19.2. The predicted octanol–water partition coefficient (Wildman–Crippen LogP) is 5.55. The van der Waals surface area contributed by atoms with Crippen LogP contribution in [0.15, 0.2) is 51.7 Å². The van der Waals surface area contributed by atoms with Crippen LogP contribution in [0, 0.1) is 0 Å². The van der Waals surface area contributed by atoms with E-state index in [1.54, 1.807) is 42.8 Å². The fraction of sp³-hybridized carbons (Fsp3) is 0.438. The quantitative estimate of drug-likeness (QED) is 0.393. The van der Waals surface area contributed by atoms with E-state index in [9.17, 15) is 27.6 Å². The number of carbonyl (C=O) groups excluding carboxylic acids is 2. The Balaban J connectivity index is 1.57. The van der Waals surface area contributed by atoms with Crippen LogP contribution < -0.4 is 10.9 Å². The number of likely N-dealkylation sites (tertiary alicyclic amines) is 1. The highest BCUT2D eigenvalue weighted by molar-refractivity contribution is 9.10. The molecule has 234 valence electrons. The molecule has 2 atom stereocenters. The number of hydrogen-bond acceptors (Lipinski definition) is 5. The zero-order valence-electron chi connectivity index (χ0n) is 25.3. The summed E-state index contributed by atoms with van der Waals surface area (Å²) in [6.45, 7) is 9.69. The number of aromatic nitrogens is 2. The zero-order chi connectivity index (χ0) is 32.1. The van der Waals surface area contributed by atoms with E-state index in [1.165, 1.54) is 17.0 Å². The molecule has 0 bridgehead atoms. The second-order valence-corrected chi connectivity index (χ2v) is 13.3. The van der Waals surface area contributed by atoms with Crippen LogP contribution in [0.5, 0.6) is 0 Å². The van der Waals surface area contributed by atoms with Gasteiger partial charge in [-0.25, -0.2) is 4.98 Å². The minimum absolute atomic E-state index is 0.00113. The van der Waals surface area contributed by atoms with Gasteiger partial charge in [0.15, 0.2) is 0 Å². The molecule has 3 aromatic rings. The van der Waals surface area contributed by atoms with E-state index >= 15 is 0 Å². The molecule has 0 saturated carbocycles. The van der Waals surface area contributed by atoms with Gasteiger partial charge in [0.05, 0.1) is 23.5 Å². The van der Waals surface area contributed by atoms with Crippen molar-refractivity contribution in [2.24, 2.45) is 0 Å². The second-order valence-electron chi connectivity index (χ2n) is 12.4. The van der Waals surface area contributed by atoms with Crippen LogP contribution in [0.4, 0.5) is 13.2 Å². The Morgan fingerprint density at radius 1 is 1.05 bits per heavy atom. The van der Waals surface area contributed by atoms with Crippen molar-refractivity contribution in [3.8, 4) is 5.69 Å². The van der Waals surface area contributed by atoms with E-state index in [-0.39, 0.29) is 45.9 Å². The average molecular weight is 675 g/mol. The first kappa shape index (κ1) is 31.9. The Morgan fingerprint density at radius 3 is 2.30 bits per heavy atom. The van der Waals surface area contributed by atoms with Crippen LogP contribution in [-0.2, 0) is 19.1 Å². The lowest BCUT2D eigenvalue weighted by molar-refractivity contribution is -0.138. The van der Waals surface area contributed by atoms with Crippen LogP contribution in [0.25, 0.3) is 5.69 Å². The summed E-state index contributed by atoms with van der Waals surface area (Å²) in [6, 6.07) is 9.77. The molecule has 1 aromatic heterocycles. The first-order valence-corrected chi connectivity index (χ1v) is 15.3. The molecular formula is C32H35BrF3N5O3. The highest BCUT2D eigenvalue weighted by atomic mass is 79.9. The molecule has 1 saturated heterocycles. The number of alkyl halides is 3. The Kier molecular flexibility index (Phi) is 8.54. The minimum Gasteiger partial charge on any atom is -0.355 e. The van der Waals surface area contributed by atoms with Crippen molar-refractivity contribution in [2.45, 2.75) is 70.8 Å². The molecule has 0 aliphatic carbocycles. The summed E-state index contributed by atoms with van der Waals surface area (Å²) in [5.41, 5.74) is 0.635. The van der Waals surface area contributed by atoms with E-state index < -0.39 is 23.7 Å². The number of benzene rings is 2. The summed E-state index contributed by atoms with van der Waals surface area (Å²) in [7, 11) is 1.55. The van der Waals surface area contributed by atoms with E-state index in [0.29, 0.717) is 34.9 Å². The van der Waals surface area contributed by atoms with Crippen molar-refractivity contribution in [3.05, 3.63) is 91.1 Å². The maximum atomic E-state index is 14.2. The van der Waals surface area contributed by atoms with E-state index in [4.69, 9.17) is 4.98 Å². The van der Waals surface area contributed by atoms with Gasteiger partial charge in [-0.2, -0.15) is 13.2 Å². The van der Waals surface area contributed by atoms with Gasteiger partial charge in [0.2, 0.25) is 0 Å². The molecule has 2 aromatic carbocycles. The molecule has 5 rings (SSSR count). The molecule has 8 nitrogen and oxygen atoms in total. The topological polar surface area (TPSA) is 87.5 Å². The Labute approximate surface area is 262 Å². The summed E-state index contributed by atoms with van der Waals surface area (Å²) in [5, 5.41) is 2.60. The number of hydrogen-bond donors (Lipinski definition) is 1. The highest BCUT2D eigenvalue weighted by Crippen LogP contribution is 2.36. The van der Waals surface area contributed by atoms with Crippen molar-refractivity contribution in [1.29, 1.82) is 0 Å². The van der Waals surface area contributed by atoms with Gasteiger partial charge >= 0.3 is 6.18 Å². The second kappa shape index (κ2) is 11.8. The van der Waals surface area contributed by atoms with Gasteiger partial charge in [0.1, 0.15) is 5.82 Å². The summed E-state index contributed by atoms with van der Waals surface area (Å²) in [5.74, 6) is -0.303. The number of nitrogens with one attached hydrogen (secondary N) is 1. The Morgan fingerprint density at radius 2 is 1.70 bits per heavy atom. The summed E-state index contributed by atoms with van der Waals surface area (Å²) < 4.78 is 42.2. The molecule has 44 heavy (non-hydrogen) atoms. The molecule has 2 aliphatic rings. The molecule has 2 aliphatic heterocycles. The van der Waals surface area contributed by atoms with Gasteiger partial charge in [-0.1, -0.05) is 15.9 Å². The third-order valence-electron chi connectivity index (χ3n) is 8.54. The predicted molar refractivity (Wildman–Crippen MR) is 164 cm³/mol. The van der Waals surface area contributed by atoms with Crippen LogP contribution in [-0.4, -0.2) is 62.9 Å². The molecule has 12 heteroatoms. The third kappa shape index (κ3) is 6.06. The molecule has 2 amide bonds. The van der Waals surface area contributed by atoms with Gasteiger partial charge in [0.25, 0.3) is 17.4 Å². The molecule has 3 heterocycles. The molecular weight excluding hydrogens is 639 g/mol. The number of nitrogens with zero attached hydrogens (tertiary/aromatic N) is 4. The minimum atomic E-state index is -4.63. The first-order valence-electron chi connectivity index (χ1n) is 14.5. The van der Waals surface area contributed by atoms with Crippen LogP contribution in [0.1, 0.15) is 83.4 Å².